The molecule has 5 heteroatoms. The number of carbonyl (C=O) groups is 2. The summed E-state index contributed by atoms with van der Waals surface area (Å²) < 4.78 is 0. The maximum Gasteiger partial charge on any atom is 0.251 e. The number of aromatic nitrogens is 1. The van der Waals surface area contributed by atoms with Crippen LogP contribution in [0.2, 0.25) is 0 Å². The molecule has 2 atom stereocenters. The molecule has 1 aliphatic carbocycles. The van der Waals surface area contributed by atoms with Crippen molar-refractivity contribution in [3.63, 3.8) is 0 Å². The largest absolute Gasteiger partial charge is 0.377 e. The van der Waals surface area contributed by atoms with Crippen LogP contribution < -0.4 is 10.2 Å². The summed E-state index contributed by atoms with van der Waals surface area (Å²) in [6.45, 7) is 0.462. The lowest BCUT2D eigenvalue weighted by Gasteiger charge is -2.17. The molecule has 0 saturated heterocycles. The van der Waals surface area contributed by atoms with E-state index in [1.54, 1.807) is 6.20 Å². The second-order valence-corrected chi connectivity index (χ2v) is 9.48. The lowest BCUT2D eigenvalue weighted by Crippen LogP contribution is -2.24. The minimum atomic E-state index is -0.102. The Morgan fingerprint density at radius 3 is 2.69 bits per heavy atom. The van der Waals surface area contributed by atoms with E-state index in [9.17, 15) is 9.59 Å². The SMILES string of the molecule is CN(C)c1ccccc1CNC(=O)c1cccc([C@@H]2C[C@H]2C(=O)Cc2ccc3cnccc3c2)c1. The van der Waals surface area contributed by atoms with Gasteiger partial charge in [0.2, 0.25) is 0 Å². The summed E-state index contributed by atoms with van der Waals surface area (Å²) in [7, 11) is 3.99. The van der Waals surface area contributed by atoms with Crippen LogP contribution >= 0.6 is 0 Å². The fourth-order valence-corrected chi connectivity index (χ4v) is 4.78. The molecule has 0 aliphatic heterocycles. The summed E-state index contributed by atoms with van der Waals surface area (Å²) in [5.74, 6) is 0.371. The number of ketones is 1. The summed E-state index contributed by atoms with van der Waals surface area (Å²) in [4.78, 5) is 32.0. The number of pyridine rings is 1. The molecule has 1 saturated carbocycles. The minimum absolute atomic E-state index is 0.0217. The van der Waals surface area contributed by atoms with Crippen LogP contribution in [0.4, 0.5) is 5.69 Å². The van der Waals surface area contributed by atoms with Crippen LogP contribution in [0.5, 0.6) is 0 Å². The van der Waals surface area contributed by atoms with Gasteiger partial charge in [0.05, 0.1) is 0 Å². The van der Waals surface area contributed by atoms with Gasteiger partial charge in [0.15, 0.2) is 0 Å². The van der Waals surface area contributed by atoms with E-state index in [2.05, 4.69) is 16.4 Å². The van der Waals surface area contributed by atoms with E-state index in [0.29, 0.717) is 18.5 Å². The number of rotatable bonds is 8. The van der Waals surface area contributed by atoms with Gasteiger partial charge in [0.25, 0.3) is 5.91 Å². The van der Waals surface area contributed by atoms with Crippen molar-refractivity contribution in [1.82, 2.24) is 10.3 Å². The van der Waals surface area contributed by atoms with Crippen LogP contribution in [-0.4, -0.2) is 30.8 Å². The van der Waals surface area contributed by atoms with Crippen LogP contribution in [0.3, 0.4) is 0 Å². The molecule has 0 radical (unpaired) electrons. The number of Topliss-reactive ketones (excluding diaryl/α,β-unsaturated/α-hetero) is 1. The first-order valence-electron chi connectivity index (χ1n) is 12.0. The molecule has 4 aromatic rings. The Hall–Kier alpha value is -3.99. The number of nitrogens with one attached hydrogen (secondary N) is 1. The van der Waals surface area contributed by atoms with Crippen molar-refractivity contribution in [3.8, 4) is 0 Å². The van der Waals surface area contributed by atoms with Gasteiger partial charge in [-0.05, 0) is 58.7 Å². The first kappa shape index (κ1) is 22.8. The van der Waals surface area contributed by atoms with Crippen LogP contribution in [0.25, 0.3) is 10.8 Å². The lowest BCUT2D eigenvalue weighted by molar-refractivity contribution is -0.119. The van der Waals surface area contributed by atoms with Crippen molar-refractivity contribution >= 4 is 28.2 Å². The van der Waals surface area contributed by atoms with Crippen molar-refractivity contribution < 1.29 is 9.59 Å². The normalized spacial score (nSPS) is 16.6. The summed E-state index contributed by atoms with van der Waals surface area (Å²) in [6, 6.07) is 23.8. The van der Waals surface area contributed by atoms with Gasteiger partial charge < -0.3 is 10.2 Å². The average Bonchev–Trinajstić information content (AvgIpc) is 3.69. The topological polar surface area (TPSA) is 62.3 Å². The van der Waals surface area contributed by atoms with E-state index in [1.807, 2.05) is 91.9 Å². The molecule has 0 unspecified atom stereocenters. The third kappa shape index (κ3) is 5.09. The standard InChI is InChI=1S/C30H29N3O2/c1-33(2)28-9-4-3-6-25(28)19-32-30(35)23-8-5-7-22(16-23)26-17-27(26)29(34)15-20-10-11-24-18-31-13-12-21(24)14-20/h3-14,16,18,26-27H,15,17,19H2,1-2H3,(H,32,35)/t26-,27+/m0/s1. The number of nitrogens with zero attached hydrogens (tertiary/aromatic N) is 2. The first-order valence-corrected chi connectivity index (χ1v) is 12.0. The highest BCUT2D eigenvalue weighted by atomic mass is 16.1. The zero-order chi connectivity index (χ0) is 24.4. The van der Waals surface area contributed by atoms with Crippen molar-refractivity contribution in [3.05, 3.63) is 107 Å². The fraction of sp³-hybridized carbons (Fsp3) is 0.233. The lowest BCUT2D eigenvalue weighted by atomic mass is 10.00. The van der Waals surface area contributed by atoms with Gasteiger partial charge in [0, 0.05) is 62.0 Å². The van der Waals surface area contributed by atoms with E-state index in [-0.39, 0.29) is 23.5 Å². The van der Waals surface area contributed by atoms with E-state index < -0.39 is 0 Å². The number of benzene rings is 3. The summed E-state index contributed by atoms with van der Waals surface area (Å²) >= 11 is 0. The summed E-state index contributed by atoms with van der Waals surface area (Å²) in [6.07, 6.45) is 4.89. The molecule has 1 aliphatic rings. The van der Waals surface area contributed by atoms with Crippen molar-refractivity contribution in [2.45, 2.75) is 25.3 Å². The van der Waals surface area contributed by atoms with Crippen LogP contribution in [0.15, 0.2) is 85.2 Å². The Kier molecular flexibility index (Phi) is 6.32. The maximum atomic E-state index is 13.0. The smallest absolute Gasteiger partial charge is 0.251 e. The van der Waals surface area contributed by atoms with Crippen molar-refractivity contribution in [1.29, 1.82) is 0 Å². The Morgan fingerprint density at radius 2 is 1.83 bits per heavy atom. The molecule has 1 heterocycles. The first-order chi connectivity index (χ1) is 17.0. The highest BCUT2D eigenvalue weighted by Crippen LogP contribution is 2.48. The van der Waals surface area contributed by atoms with Gasteiger partial charge in [0.1, 0.15) is 5.78 Å². The molecule has 0 spiro atoms. The molecular formula is C30H29N3O2. The predicted octanol–water partition coefficient (Wildman–Crippen LogP) is 5.15. The van der Waals surface area contributed by atoms with Gasteiger partial charge in [-0.15, -0.1) is 0 Å². The van der Waals surface area contributed by atoms with Gasteiger partial charge in [-0.1, -0.05) is 48.5 Å². The molecule has 5 rings (SSSR count). The van der Waals surface area contributed by atoms with Crippen LogP contribution in [0, 0.1) is 5.92 Å². The summed E-state index contributed by atoms with van der Waals surface area (Å²) in [5.41, 5.74) is 4.88. The molecule has 5 nitrogen and oxygen atoms in total. The van der Waals surface area contributed by atoms with E-state index >= 15 is 0 Å². The number of hydrogen-bond donors (Lipinski definition) is 1. The third-order valence-corrected chi connectivity index (χ3v) is 6.78. The van der Waals surface area contributed by atoms with Gasteiger partial charge in [-0.3, -0.25) is 14.6 Å². The zero-order valence-corrected chi connectivity index (χ0v) is 20.1. The van der Waals surface area contributed by atoms with Crippen LogP contribution in [0.1, 0.15) is 39.4 Å². The second-order valence-electron chi connectivity index (χ2n) is 9.48. The second kappa shape index (κ2) is 9.71. The Morgan fingerprint density at radius 1 is 0.971 bits per heavy atom. The Bertz CT molecular complexity index is 1400. The average molecular weight is 464 g/mol. The highest BCUT2D eigenvalue weighted by Gasteiger charge is 2.43. The maximum absolute atomic E-state index is 13.0. The third-order valence-electron chi connectivity index (χ3n) is 6.78. The molecule has 0 bridgehead atoms. The number of fused-ring (bicyclic) bond motifs is 1. The van der Waals surface area contributed by atoms with E-state index in [4.69, 9.17) is 0 Å². The molecule has 3 aromatic carbocycles. The molecule has 1 aromatic heterocycles. The summed E-state index contributed by atoms with van der Waals surface area (Å²) in [5, 5.41) is 5.22. The molecule has 176 valence electrons. The van der Waals surface area contributed by atoms with Crippen molar-refractivity contribution in [2.24, 2.45) is 5.92 Å². The van der Waals surface area contributed by atoms with Gasteiger partial charge >= 0.3 is 0 Å². The molecule has 1 N–H and O–H groups in total. The van der Waals surface area contributed by atoms with Crippen molar-refractivity contribution in [2.75, 3.05) is 19.0 Å². The number of carbonyl (C=O) groups excluding carboxylic acids is 2. The monoisotopic (exact) mass is 463 g/mol. The minimum Gasteiger partial charge on any atom is -0.377 e. The van der Waals surface area contributed by atoms with Gasteiger partial charge in [-0.25, -0.2) is 0 Å². The van der Waals surface area contributed by atoms with Crippen LogP contribution in [-0.2, 0) is 17.8 Å². The van der Waals surface area contributed by atoms with E-state index in [0.717, 1.165) is 39.6 Å². The zero-order valence-electron chi connectivity index (χ0n) is 20.1. The highest BCUT2D eigenvalue weighted by molar-refractivity contribution is 5.94. The number of para-hydroxylation sites is 1. The quantitative estimate of drug-likeness (QED) is 0.393. The Labute approximate surface area is 205 Å². The molecular weight excluding hydrogens is 434 g/mol. The number of anilines is 1. The number of hydrogen-bond acceptors (Lipinski definition) is 4. The fourth-order valence-electron chi connectivity index (χ4n) is 4.78. The number of amides is 1. The molecule has 35 heavy (non-hydrogen) atoms. The van der Waals surface area contributed by atoms with E-state index in [1.165, 1.54) is 0 Å². The predicted molar refractivity (Wildman–Crippen MR) is 140 cm³/mol. The molecule has 1 fully saturated rings. The van der Waals surface area contributed by atoms with Gasteiger partial charge in [-0.2, -0.15) is 0 Å². The molecule has 1 amide bonds. The Balaban J connectivity index is 1.21.